The van der Waals surface area contributed by atoms with E-state index in [0.717, 1.165) is 12.1 Å². The minimum Gasteiger partial charge on any atom is -0.490 e. The molecule has 0 radical (unpaired) electrons. The van der Waals surface area contributed by atoms with Crippen LogP contribution < -0.4 is 20.3 Å². The molecule has 0 aliphatic rings. The van der Waals surface area contributed by atoms with Gasteiger partial charge in [-0.05, 0) is 56.3 Å². The van der Waals surface area contributed by atoms with Gasteiger partial charge in [0.1, 0.15) is 5.82 Å². The second-order valence-electron chi connectivity index (χ2n) is 4.94. The first-order valence-electron chi connectivity index (χ1n) is 7.81. The van der Waals surface area contributed by atoms with E-state index in [1.54, 1.807) is 12.1 Å². The second kappa shape index (κ2) is 8.68. The maximum atomic E-state index is 12.9. The molecule has 132 valence electrons. The normalized spacial score (nSPS) is 10.0. The average molecular weight is 346 g/mol. The van der Waals surface area contributed by atoms with Crippen LogP contribution in [0.25, 0.3) is 0 Å². The van der Waals surface area contributed by atoms with Gasteiger partial charge in [0, 0.05) is 11.1 Å². The van der Waals surface area contributed by atoms with Gasteiger partial charge >= 0.3 is 0 Å². The number of amides is 2. The number of rotatable bonds is 6. The number of ether oxygens (including phenoxy) is 2. The largest absolute Gasteiger partial charge is 0.490 e. The summed E-state index contributed by atoms with van der Waals surface area (Å²) in [6.45, 7) is 4.57. The molecule has 2 rings (SSSR count). The van der Waals surface area contributed by atoms with Crippen molar-refractivity contribution in [3.63, 3.8) is 0 Å². The minimum atomic E-state index is -0.552. The first kappa shape index (κ1) is 18.3. The molecule has 2 aromatic rings. The van der Waals surface area contributed by atoms with E-state index in [9.17, 15) is 14.0 Å². The van der Waals surface area contributed by atoms with Crippen LogP contribution in [-0.2, 0) is 0 Å². The Balaban J connectivity index is 2.03. The van der Waals surface area contributed by atoms with E-state index in [1.165, 1.54) is 18.2 Å². The summed E-state index contributed by atoms with van der Waals surface area (Å²) in [5.74, 6) is -0.527. The van der Waals surface area contributed by atoms with E-state index in [2.05, 4.69) is 10.9 Å². The maximum absolute atomic E-state index is 12.9. The van der Waals surface area contributed by atoms with E-state index in [-0.39, 0.29) is 5.56 Å². The first-order chi connectivity index (χ1) is 12.0. The SMILES string of the molecule is CCOc1ccc(C(=O)NNC(=O)c2ccc(F)cc2)cc1OCC. The van der Waals surface area contributed by atoms with Gasteiger partial charge < -0.3 is 9.47 Å². The summed E-state index contributed by atoms with van der Waals surface area (Å²) in [5, 5.41) is 0. The number of nitrogens with one attached hydrogen (secondary N) is 2. The molecule has 0 saturated heterocycles. The molecule has 0 atom stereocenters. The lowest BCUT2D eigenvalue weighted by atomic mass is 10.2. The highest BCUT2D eigenvalue weighted by atomic mass is 19.1. The molecule has 0 aliphatic carbocycles. The highest BCUT2D eigenvalue weighted by Crippen LogP contribution is 2.28. The molecule has 25 heavy (non-hydrogen) atoms. The summed E-state index contributed by atoms with van der Waals surface area (Å²) in [6, 6.07) is 9.70. The topological polar surface area (TPSA) is 76.7 Å². The third-order valence-electron chi connectivity index (χ3n) is 3.20. The van der Waals surface area contributed by atoms with Gasteiger partial charge in [-0.25, -0.2) is 4.39 Å². The first-order valence-corrected chi connectivity index (χ1v) is 7.81. The van der Waals surface area contributed by atoms with Crippen molar-refractivity contribution in [2.24, 2.45) is 0 Å². The van der Waals surface area contributed by atoms with Crippen LogP contribution in [0.1, 0.15) is 34.6 Å². The van der Waals surface area contributed by atoms with E-state index in [4.69, 9.17) is 9.47 Å². The van der Waals surface area contributed by atoms with Gasteiger partial charge in [-0.2, -0.15) is 0 Å². The molecule has 0 unspecified atom stereocenters. The lowest BCUT2D eigenvalue weighted by Gasteiger charge is -2.13. The molecule has 0 aliphatic heterocycles. The Morgan fingerprint density at radius 2 is 1.36 bits per heavy atom. The molecule has 2 amide bonds. The molecule has 0 aromatic heterocycles. The quantitative estimate of drug-likeness (QED) is 0.789. The average Bonchev–Trinajstić information content (AvgIpc) is 2.62. The number of hydrazine groups is 1. The zero-order valence-corrected chi connectivity index (χ0v) is 14.0. The fraction of sp³-hybridized carbons (Fsp3) is 0.222. The lowest BCUT2D eigenvalue weighted by molar-refractivity contribution is 0.0846. The number of halogens is 1. The molecule has 7 heteroatoms. The van der Waals surface area contributed by atoms with Gasteiger partial charge in [-0.15, -0.1) is 0 Å². The Morgan fingerprint density at radius 3 is 1.96 bits per heavy atom. The van der Waals surface area contributed by atoms with Crippen LogP contribution in [0.2, 0.25) is 0 Å². The van der Waals surface area contributed by atoms with E-state index >= 15 is 0 Å². The number of carbonyl (C=O) groups excluding carboxylic acids is 2. The Labute approximate surface area is 144 Å². The molecule has 2 N–H and O–H groups in total. The van der Waals surface area contributed by atoms with Gasteiger partial charge in [0.05, 0.1) is 13.2 Å². The number of carbonyl (C=O) groups is 2. The summed E-state index contributed by atoms with van der Waals surface area (Å²) in [4.78, 5) is 24.1. The minimum absolute atomic E-state index is 0.225. The Bertz CT molecular complexity index is 747. The van der Waals surface area contributed by atoms with Crippen LogP contribution in [-0.4, -0.2) is 25.0 Å². The van der Waals surface area contributed by atoms with Crippen LogP contribution in [0.3, 0.4) is 0 Å². The van der Waals surface area contributed by atoms with Gasteiger partial charge in [0.2, 0.25) is 0 Å². The van der Waals surface area contributed by atoms with E-state index in [0.29, 0.717) is 30.3 Å². The van der Waals surface area contributed by atoms with Crippen molar-refractivity contribution in [1.29, 1.82) is 0 Å². The van der Waals surface area contributed by atoms with Crippen LogP contribution in [0.4, 0.5) is 4.39 Å². The highest BCUT2D eigenvalue weighted by Gasteiger charge is 2.13. The summed E-state index contributed by atoms with van der Waals surface area (Å²) >= 11 is 0. The second-order valence-corrected chi connectivity index (χ2v) is 4.94. The van der Waals surface area contributed by atoms with Crippen LogP contribution in [0.5, 0.6) is 11.5 Å². The zero-order chi connectivity index (χ0) is 18.2. The standard InChI is InChI=1S/C18H19FN2O4/c1-3-24-15-10-7-13(11-16(15)25-4-2)18(23)21-20-17(22)12-5-8-14(19)9-6-12/h5-11H,3-4H2,1-2H3,(H,20,22)(H,21,23). The monoisotopic (exact) mass is 346 g/mol. The summed E-state index contributed by atoms with van der Waals surface area (Å²) in [7, 11) is 0. The molecule has 0 bridgehead atoms. The number of hydrogen-bond acceptors (Lipinski definition) is 4. The van der Waals surface area contributed by atoms with Crippen molar-refractivity contribution >= 4 is 11.8 Å². The van der Waals surface area contributed by atoms with Crippen LogP contribution >= 0.6 is 0 Å². The highest BCUT2D eigenvalue weighted by molar-refractivity contribution is 5.99. The molecule has 6 nitrogen and oxygen atoms in total. The predicted molar refractivity (Wildman–Crippen MR) is 90.1 cm³/mol. The fourth-order valence-corrected chi connectivity index (χ4v) is 2.05. The third-order valence-corrected chi connectivity index (χ3v) is 3.20. The molecule has 2 aromatic carbocycles. The van der Waals surface area contributed by atoms with E-state index < -0.39 is 17.6 Å². The molecule has 0 saturated carbocycles. The van der Waals surface area contributed by atoms with Crippen molar-refractivity contribution in [3.8, 4) is 11.5 Å². The number of benzene rings is 2. The van der Waals surface area contributed by atoms with Crippen molar-refractivity contribution < 1.29 is 23.5 Å². The van der Waals surface area contributed by atoms with Gasteiger partial charge in [-0.1, -0.05) is 0 Å². The Kier molecular flexibility index (Phi) is 6.33. The molecular weight excluding hydrogens is 327 g/mol. The summed E-state index contributed by atoms with van der Waals surface area (Å²) in [5.41, 5.74) is 5.10. The van der Waals surface area contributed by atoms with Crippen LogP contribution in [0, 0.1) is 5.82 Å². The molecule has 0 heterocycles. The maximum Gasteiger partial charge on any atom is 0.269 e. The number of hydrogen-bond donors (Lipinski definition) is 2. The smallest absolute Gasteiger partial charge is 0.269 e. The molecular formula is C18H19FN2O4. The summed E-state index contributed by atoms with van der Waals surface area (Å²) in [6.07, 6.45) is 0. The Morgan fingerprint density at radius 1 is 0.840 bits per heavy atom. The third kappa shape index (κ3) is 4.94. The van der Waals surface area contributed by atoms with Crippen molar-refractivity contribution in [1.82, 2.24) is 10.9 Å². The Hall–Kier alpha value is -3.09. The lowest BCUT2D eigenvalue weighted by Crippen LogP contribution is -2.41. The fourth-order valence-electron chi connectivity index (χ4n) is 2.05. The predicted octanol–water partition coefficient (Wildman–Crippen LogP) is 2.70. The van der Waals surface area contributed by atoms with Gasteiger partial charge in [-0.3, -0.25) is 20.4 Å². The molecule has 0 fully saturated rings. The zero-order valence-electron chi connectivity index (χ0n) is 14.0. The van der Waals surface area contributed by atoms with Gasteiger partial charge in [0.25, 0.3) is 11.8 Å². The van der Waals surface area contributed by atoms with Gasteiger partial charge in [0.15, 0.2) is 11.5 Å². The molecule has 0 spiro atoms. The summed E-state index contributed by atoms with van der Waals surface area (Å²) < 4.78 is 23.7. The van der Waals surface area contributed by atoms with E-state index in [1.807, 2.05) is 13.8 Å². The van der Waals surface area contributed by atoms with Crippen molar-refractivity contribution in [2.75, 3.05) is 13.2 Å². The van der Waals surface area contributed by atoms with Crippen LogP contribution in [0.15, 0.2) is 42.5 Å². The van der Waals surface area contributed by atoms with Crippen molar-refractivity contribution in [2.45, 2.75) is 13.8 Å². The van der Waals surface area contributed by atoms with Crippen molar-refractivity contribution in [3.05, 3.63) is 59.4 Å².